The van der Waals surface area contributed by atoms with Crippen LogP contribution in [0.5, 0.6) is 0 Å². The Morgan fingerprint density at radius 3 is 2.45 bits per heavy atom. The molecule has 9 atom stereocenters. The monoisotopic (exact) mass is 591 g/mol. The minimum Gasteiger partial charge on any atom is -0.459 e. The molecule has 4 aliphatic rings. The Morgan fingerprint density at radius 1 is 1.14 bits per heavy atom. The molecule has 9 nitrogen and oxygen atoms in total. The molecule has 1 unspecified atom stereocenters. The van der Waals surface area contributed by atoms with Crippen molar-refractivity contribution in [1.82, 2.24) is 0 Å². The largest absolute Gasteiger partial charge is 0.511 e. The molecule has 0 spiro atoms. The topological polar surface area (TPSA) is 123 Å². The summed E-state index contributed by atoms with van der Waals surface area (Å²) in [5.41, 5.74) is 2.17. The number of hydrogen-bond donors (Lipinski definition) is 1. The van der Waals surface area contributed by atoms with Crippen LogP contribution in [0.1, 0.15) is 58.9 Å². The van der Waals surface area contributed by atoms with E-state index < -0.39 is 59.3 Å². The molecule has 230 valence electrons. The highest BCUT2D eigenvalue weighted by Gasteiger charge is 2.85. The van der Waals surface area contributed by atoms with Crippen molar-refractivity contribution in [1.29, 1.82) is 0 Å². The maximum absolute atomic E-state index is 15.9. The van der Waals surface area contributed by atoms with Crippen molar-refractivity contribution in [3.63, 3.8) is 0 Å². The smallest absolute Gasteiger partial charge is 0.459 e. The average Bonchev–Trinajstić information content (AvgIpc) is 3.16. The number of benzene rings is 1. The van der Waals surface area contributed by atoms with Gasteiger partial charge in [0.1, 0.15) is 24.1 Å². The van der Waals surface area contributed by atoms with Gasteiger partial charge in [0.15, 0.2) is 0 Å². The number of carbonyl (C=O) groups is 3. The van der Waals surface area contributed by atoms with Crippen molar-refractivity contribution in [2.24, 2.45) is 34.3 Å². The van der Waals surface area contributed by atoms with E-state index in [4.69, 9.17) is 29.4 Å². The number of hydrogen-bond acceptors (Lipinski definition) is 9. The summed E-state index contributed by atoms with van der Waals surface area (Å²) in [4.78, 5) is 38.9. The van der Waals surface area contributed by atoms with Crippen molar-refractivity contribution >= 4 is 18.1 Å². The Kier molecular flexibility index (Phi) is 7.67. The lowest BCUT2D eigenvalue weighted by Crippen LogP contribution is -2.61. The summed E-state index contributed by atoms with van der Waals surface area (Å²) in [7, 11) is 0. The second kappa shape index (κ2) is 10.6. The van der Waals surface area contributed by atoms with E-state index in [9.17, 15) is 18.8 Å². The summed E-state index contributed by atoms with van der Waals surface area (Å²) in [6, 6.07) is 5.53. The van der Waals surface area contributed by atoms with Crippen LogP contribution in [0.4, 0.5) is 13.6 Å². The fourth-order valence-electron chi connectivity index (χ4n) is 7.89. The van der Waals surface area contributed by atoms with Gasteiger partial charge in [-0.15, -0.1) is 0 Å². The third kappa shape index (κ3) is 4.88. The quantitative estimate of drug-likeness (QED) is 0.178. The summed E-state index contributed by atoms with van der Waals surface area (Å²) in [5, 5.41) is 0. The zero-order valence-corrected chi connectivity index (χ0v) is 24.4. The van der Waals surface area contributed by atoms with Gasteiger partial charge in [0.05, 0.1) is 12.7 Å². The predicted octanol–water partition coefficient (Wildman–Crippen LogP) is 4.75. The van der Waals surface area contributed by atoms with Gasteiger partial charge in [-0.3, -0.25) is 0 Å². The number of esters is 2. The zero-order valence-electron chi connectivity index (χ0n) is 24.4. The molecule has 0 amide bonds. The maximum Gasteiger partial charge on any atom is 0.511 e. The fourth-order valence-corrected chi connectivity index (χ4v) is 7.89. The van der Waals surface area contributed by atoms with Crippen LogP contribution in [0.2, 0.25) is 0 Å². The molecule has 2 bridgehead atoms. The van der Waals surface area contributed by atoms with Gasteiger partial charge in [0.2, 0.25) is 12.0 Å². The van der Waals surface area contributed by atoms with E-state index in [2.05, 4.69) is 27.4 Å². The molecule has 5 rings (SSSR count). The third-order valence-corrected chi connectivity index (χ3v) is 10.1. The molecule has 42 heavy (non-hydrogen) atoms. The first-order chi connectivity index (χ1) is 19.7. The summed E-state index contributed by atoms with van der Waals surface area (Å²) in [5.74, 6) is -4.47. The predicted molar refractivity (Wildman–Crippen MR) is 145 cm³/mol. The Labute approximate surface area is 244 Å². The summed E-state index contributed by atoms with van der Waals surface area (Å²) in [6.07, 6.45) is 0.406. The molecule has 11 heteroatoms. The molecule has 4 fully saturated rings. The lowest BCUT2D eigenvalue weighted by Gasteiger charge is -2.41. The van der Waals surface area contributed by atoms with Crippen LogP contribution in [-0.4, -0.2) is 54.4 Å². The summed E-state index contributed by atoms with van der Waals surface area (Å²) < 4.78 is 56.5. The van der Waals surface area contributed by atoms with Crippen molar-refractivity contribution in [2.75, 3.05) is 6.61 Å². The van der Waals surface area contributed by atoms with E-state index in [-0.39, 0.29) is 36.6 Å². The molecule has 0 heterocycles. The van der Waals surface area contributed by atoms with E-state index in [0.29, 0.717) is 11.5 Å². The van der Waals surface area contributed by atoms with Gasteiger partial charge in [-0.25, -0.2) is 23.2 Å². The van der Waals surface area contributed by atoms with Gasteiger partial charge < -0.3 is 29.4 Å². The summed E-state index contributed by atoms with van der Waals surface area (Å²) >= 11 is 0. The van der Waals surface area contributed by atoms with Crippen LogP contribution in [0.25, 0.3) is 0 Å². The van der Waals surface area contributed by atoms with Crippen LogP contribution in [0.3, 0.4) is 0 Å². The second-order valence-corrected chi connectivity index (χ2v) is 13.1. The molecule has 0 aromatic heterocycles. The molecule has 4 saturated carbocycles. The highest BCUT2D eigenvalue weighted by atomic mass is 19.1. The lowest BCUT2D eigenvalue weighted by molar-refractivity contribution is -0.185. The normalized spacial score (nSPS) is 37.8. The molecule has 2 N–H and O–H groups in total. The molecule has 1 aromatic carbocycles. The SMILES string of the molecule is C=CCOC(=O)[C@@]1(F)[C@@H]2C[C@@H](OCc3ccc(F)cc3)[C@@](N)(C(=O)OC(C)OC(=O)O[C@H]3C(C)(C)[C@H]4CC[C@]3(C)C4)[C@@H]21. The van der Waals surface area contributed by atoms with E-state index in [0.717, 1.165) is 19.3 Å². The van der Waals surface area contributed by atoms with Gasteiger partial charge in [-0.2, -0.15) is 0 Å². The van der Waals surface area contributed by atoms with E-state index in [1.807, 2.05) is 0 Å². The Balaban J connectivity index is 1.27. The molecular weight excluding hydrogens is 552 g/mol. The van der Waals surface area contributed by atoms with Gasteiger partial charge in [-0.1, -0.05) is 45.6 Å². The first-order valence-corrected chi connectivity index (χ1v) is 14.4. The maximum atomic E-state index is 15.9. The number of fused-ring (bicyclic) bond motifs is 3. The zero-order chi connectivity index (χ0) is 30.7. The van der Waals surface area contributed by atoms with E-state index in [1.165, 1.54) is 37.3 Å². The van der Waals surface area contributed by atoms with Crippen LogP contribution in [-0.2, 0) is 39.9 Å². The number of alkyl halides is 1. The average molecular weight is 592 g/mol. The highest BCUT2D eigenvalue weighted by molar-refractivity contribution is 5.92. The third-order valence-electron chi connectivity index (χ3n) is 10.1. The Morgan fingerprint density at radius 2 is 1.83 bits per heavy atom. The molecule has 0 radical (unpaired) electrons. The van der Waals surface area contributed by atoms with E-state index >= 15 is 4.39 Å². The van der Waals surface area contributed by atoms with Gasteiger partial charge in [0, 0.05) is 29.6 Å². The number of nitrogens with two attached hydrogens (primary N) is 1. The standard InChI is InChI=1S/C31H39F2NO8/c1-6-13-38-25(35)30(33)21-14-22(39-16-18-7-9-20(32)10-8-18)31(34,23(21)30)26(36)40-17(2)41-27(37)42-24-28(3,4)19-11-12-29(24,5)15-19/h6-10,17,19,21-24H,1,11-16,34H2,2-5H3/t17?,19-,21+,22+,23-,24-,29+,30+,31-/m0/s1. The highest BCUT2D eigenvalue weighted by Crippen LogP contribution is 2.68. The number of halogens is 2. The van der Waals surface area contributed by atoms with Gasteiger partial charge >= 0.3 is 18.1 Å². The molecular formula is C31H39F2NO8. The van der Waals surface area contributed by atoms with Crippen LogP contribution < -0.4 is 5.73 Å². The van der Waals surface area contributed by atoms with Gasteiger partial charge in [-0.05, 0) is 49.3 Å². The van der Waals surface area contributed by atoms with Crippen molar-refractivity contribution in [2.45, 2.75) is 89.7 Å². The van der Waals surface area contributed by atoms with Crippen LogP contribution in [0, 0.1) is 34.4 Å². The first kappa shape index (κ1) is 30.4. The lowest BCUT2D eigenvalue weighted by atomic mass is 9.70. The Hall–Kier alpha value is -3.05. The number of ether oxygens (including phenoxy) is 5. The van der Waals surface area contributed by atoms with Crippen LogP contribution >= 0.6 is 0 Å². The first-order valence-electron chi connectivity index (χ1n) is 14.4. The van der Waals surface area contributed by atoms with E-state index in [1.54, 1.807) is 0 Å². The van der Waals surface area contributed by atoms with Crippen molar-refractivity contribution in [3.8, 4) is 0 Å². The minimum absolute atomic E-state index is 0.0495. The number of carbonyl (C=O) groups excluding carboxylic acids is 3. The Bertz CT molecular complexity index is 1250. The van der Waals surface area contributed by atoms with Gasteiger partial charge in [0.25, 0.3) is 0 Å². The molecule has 0 aliphatic heterocycles. The molecule has 0 saturated heterocycles. The van der Waals surface area contributed by atoms with Crippen molar-refractivity contribution < 1.29 is 46.8 Å². The summed E-state index contributed by atoms with van der Waals surface area (Å²) in [6.45, 7) is 10.8. The number of rotatable bonds is 10. The minimum atomic E-state index is -2.52. The van der Waals surface area contributed by atoms with Crippen LogP contribution in [0.15, 0.2) is 36.9 Å². The molecule has 1 aromatic rings. The fraction of sp³-hybridized carbons (Fsp3) is 0.645. The molecule has 4 aliphatic carbocycles. The van der Waals surface area contributed by atoms with Crippen molar-refractivity contribution in [3.05, 3.63) is 48.3 Å². The second-order valence-electron chi connectivity index (χ2n) is 13.1.